The maximum absolute atomic E-state index is 12.1. The first-order chi connectivity index (χ1) is 13.0. The maximum atomic E-state index is 12.1. The molecular formula is C18H25N7O2. The number of amides is 3. The summed E-state index contributed by atoms with van der Waals surface area (Å²) >= 11 is 0. The molecule has 1 aliphatic rings. The predicted octanol–water partition coefficient (Wildman–Crippen LogP) is 0.866. The van der Waals surface area contributed by atoms with Gasteiger partial charge in [-0.25, -0.2) is 9.48 Å². The Labute approximate surface area is 157 Å². The number of hydrogen-bond acceptors (Lipinski definition) is 5. The third kappa shape index (κ3) is 4.62. The van der Waals surface area contributed by atoms with Gasteiger partial charge in [-0.15, -0.1) is 5.10 Å². The standard InChI is InChI=1S/C18H25N7O2/c1-11-4-5-12(2)15(6-11)22-18(27)21-8-13-10-25(24-23-13)14-7-16(20-9-14)17(26)19-3/h4-6,10,14,16,20H,7-9H2,1-3H3,(H,19,26)(H2,21,22,27). The first-order valence-electron chi connectivity index (χ1n) is 8.94. The van der Waals surface area contributed by atoms with Gasteiger partial charge in [0.2, 0.25) is 5.91 Å². The van der Waals surface area contributed by atoms with Crippen molar-refractivity contribution in [2.45, 2.75) is 38.9 Å². The van der Waals surface area contributed by atoms with Crippen LogP contribution in [0.5, 0.6) is 0 Å². The molecule has 1 aromatic carbocycles. The summed E-state index contributed by atoms with van der Waals surface area (Å²) in [7, 11) is 1.62. The Kier molecular flexibility index (Phi) is 5.70. The van der Waals surface area contributed by atoms with Crippen LogP contribution in [0.25, 0.3) is 0 Å². The first kappa shape index (κ1) is 18.8. The summed E-state index contributed by atoms with van der Waals surface area (Å²) in [5.74, 6) is -0.0254. The number of likely N-dealkylation sites (N-methyl/N-ethyl adjacent to an activating group) is 1. The van der Waals surface area contributed by atoms with Crippen molar-refractivity contribution in [2.75, 3.05) is 18.9 Å². The number of hydrogen-bond donors (Lipinski definition) is 4. The van der Waals surface area contributed by atoms with Gasteiger partial charge in [-0.05, 0) is 37.5 Å². The molecule has 9 heteroatoms. The second-order valence-corrected chi connectivity index (χ2v) is 6.78. The summed E-state index contributed by atoms with van der Waals surface area (Å²) in [5, 5.41) is 19.7. The number of anilines is 1. The second kappa shape index (κ2) is 8.17. The highest BCUT2D eigenvalue weighted by Crippen LogP contribution is 2.19. The van der Waals surface area contributed by atoms with Crippen LogP contribution in [-0.2, 0) is 11.3 Å². The number of nitrogens with zero attached hydrogens (tertiary/aromatic N) is 3. The third-order valence-corrected chi connectivity index (χ3v) is 4.67. The number of rotatable bonds is 5. The Bertz CT molecular complexity index is 833. The summed E-state index contributed by atoms with van der Waals surface area (Å²) in [6.07, 6.45) is 2.46. The van der Waals surface area contributed by atoms with E-state index in [1.165, 1.54) is 0 Å². The Hall–Kier alpha value is -2.94. The number of carbonyl (C=O) groups is 2. The lowest BCUT2D eigenvalue weighted by Crippen LogP contribution is -2.38. The van der Waals surface area contributed by atoms with E-state index in [1.807, 2.05) is 32.0 Å². The number of nitrogens with one attached hydrogen (secondary N) is 4. The molecule has 4 N–H and O–H groups in total. The van der Waals surface area contributed by atoms with Crippen LogP contribution in [0, 0.1) is 13.8 Å². The molecule has 2 unspecified atom stereocenters. The Morgan fingerprint density at radius 1 is 1.33 bits per heavy atom. The van der Waals surface area contributed by atoms with Crippen molar-refractivity contribution >= 4 is 17.6 Å². The van der Waals surface area contributed by atoms with Crippen molar-refractivity contribution in [3.8, 4) is 0 Å². The lowest BCUT2D eigenvalue weighted by atomic mass is 10.1. The molecule has 0 bridgehead atoms. The molecule has 2 aromatic rings. The van der Waals surface area contributed by atoms with E-state index in [9.17, 15) is 9.59 Å². The fraction of sp³-hybridized carbons (Fsp3) is 0.444. The highest BCUT2D eigenvalue weighted by Gasteiger charge is 2.30. The largest absolute Gasteiger partial charge is 0.358 e. The average molecular weight is 371 g/mol. The Balaban J connectivity index is 1.52. The molecule has 1 aromatic heterocycles. The first-order valence-corrected chi connectivity index (χ1v) is 8.94. The molecule has 0 aliphatic carbocycles. The summed E-state index contributed by atoms with van der Waals surface area (Å²) in [6, 6.07) is 5.47. The molecule has 0 radical (unpaired) electrons. The van der Waals surface area contributed by atoms with E-state index in [1.54, 1.807) is 17.9 Å². The molecule has 9 nitrogen and oxygen atoms in total. The van der Waals surface area contributed by atoms with Crippen molar-refractivity contribution in [1.82, 2.24) is 30.9 Å². The topological polar surface area (TPSA) is 113 Å². The third-order valence-electron chi connectivity index (χ3n) is 4.67. The van der Waals surface area contributed by atoms with E-state index < -0.39 is 0 Å². The minimum Gasteiger partial charge on any atom is -0.358 e. The highest BCUT2D eigenvalue weighted by molar-refractivity contribution is 5.90. The van der Waals surface area contributed by atoms with Gasteiger partial charge >= 0.3 is 6.03 Å². The molecule has 2 heterocycles. The second-order valence-electron chi connectivity index (χ2n) is 6.78. The fourth-order valence-electron chi connectivity index (χ4n) is 3.07. The SMILES string of the molecule is CNC(=O)C1CC(n2cc(CNC(=O)Nc3cc(C)ccc3C)nn2)CN1. The Morgan fingerprint density at radius 2 is 2.15 bits per heavy atom. The Morgan fingerprint density at radius 3 is 2.93 bits per heavy atom. The predicted molar refractivity (Wildman–Crippen MR) is 101 cm³/mol. The van der Waals surface area contributed by atoms with Gasteiger partial charge in [0.15, 0.2) is 0 Å². The lowest BCUT2D eigenvalue weighted by Gasteiger charge is -2.10. The van der Waals surface area contributed by atoms with Crippen LogP contribution >= 0.6 is 0 Å². The smallest absolute Gasteiger partial charge is 0.319 e. The molecule has 27 heavy (non-hydrogen) atoms. The zero-order valence-corrected chi connectivity index (χ0v) is 15.7. The molecule has 0 spiro atoms. The van der Waals surface area contributed by atoms with Crippen LogP contribution in [0.15, 0.2) is 24.4 Å². The minimum absolute atomic E-state index is 0.0254. The maximum Gasteiger partial charge on any atom is 0.319 e. The zero-order valence-electron chi connectivity index (χ0n) is 15.7. The fourth-order valence-corrected chi connectivity index (χ4v) is 3.07. The summed E-state index contributed by atoms with van der Waals surface area (Å²) < 4.78 is 1.75. The molecule has 1 aliphatic heterocycles. The monoisotopic (exact) mass is 371 g/mol. The van der Waals surface area contributed by atoms with E-state index in [0.717, 1.165) is 16.8 Å². The van der Waals surface area contributed by atoms with Crippen LogP contribution in [-0.4, -0.2) is 46.6 Å². The van der Waals surface area contributed by atoms with Crippen molar-refractivity contribution in [1.29, 1.82) is 0 Å². The number of aryl methyl sites for hydroxylation is 2. The van der Waals surface area contributed by atoms with Gasteiger partial charge in [0.25, 0.3) is 0 Å². The summed E-state index contributed by atoms with van der Waals surface area (Å²) in [5.41, 5.74) is 3.53. The minimum atomic E-state index is -0.291. The van der Waals surface area contributed by atoms with Crippen LogP contribution < -0.4 is 21.3 Å². The molecule has 144 valence electrons. The van der Waals surface area contributed by atoms with Crippen molar-refractivity contribution in [3.05, 3.63) is 41.2 Å². The van der Waals surface area contributed by atoms with E-state index >= 15 is 0 Å². The zero-order chi connectivity index (χ0) is 19.4. The highest BCUT2D eigenvalue weighted by atomic mass is 16.2. The molecule has 1 fully saturated rings. The van der Waals surface area contributed by atoms with E-state index in [-0.39, 0.29) is 30.6 Å². The van der Waals surface area contributed by atoms with Gasteiger partial charge in [0.05, 0.1) is 24.8 Å². The van der Waals surface area contributed by atoms with Crippen molar-refractivity contribution in [3.63, 3.8) is 0 Å². The number of urea groups is 1. The van der Waals surface area contributed by atoms with Gasteiger partial charge in [-0.1, -0.05) is 17.3 Å². The van der Waals surface area contributed by atoms with Gasteiger partial charge in [0, 0.05) is 19.3 Å². The van der Waals surface area contributed by atoms with Gasteiger partial charge < -0.3 is 21.3 Å². The van der Waals surface area contributed by atoms with Gasteiger partial charge in [0.1, 0.15) is 5.69 Å². The van der Waals surface area contributed by atoms with Crippen molar-refractivity contribution < 1.29 is 9.59 Å². The molecule has 1 saturated heterocycles. The van der Waals surface area contributed by atoms with E-state index in [4.69, 9.17) is 0 Å². The van der Waals surface area contributed by atoms with Crippen molar-refractivity contribution in [2.24, 2.45) is 0 Å². The molecule has 3 rings (SSSR count). The summed E-state index contributed by atoms with van der Waals surface area (Å²) in [4.78, 5) is 23.8. The average Bonchev–Trinajstić information content (AvgIpc) is 3.31. The number of aromatic nitrogens is 3. The summed E-state index contributed by atoms with van der Waals surface area (Å²) in [6.45, 7) is 4.85. The number of benzene rings is 1. The molecular weight excluding hydrogens is 346 g/mol. The molecule has 0 saturated carbocycles. The van der Waals surface area contributed by atoms with Crippen LogP contribution in [0.4, 0.5) is 10.5 Å². The quantitative estimate of drug-likeness (QED) is 0.623. The van der Waals surface area contributed by atoms with E-state index in [2.05, 4.69) is 31.6 Å². The van der Waals surface area contributed by atoms with E-state index in [0.29, 0.717) is 18.7 Å². The normalized spacial score (nSPS) is 18.9. The molecule has 2 atom stereocenters. The molecule has 3 amide bonds. The number of carbonyl (C=O) groups excluding carboxylic acids is 2. The van der Waals surface area contributed by atoms with Gasteiger partial charge in [-0.2, -0.15) is 0 Å². The lowest BCUT2D eigenvalue weighted by molar-refractivity contribution is -0.122. The van der Waals surface area contributed by atoms with Crippen LogP contribution in [0.2, 0.25) is 0 Å². The van der Waals surface area contributed by atoms with Gasteiger partial charge in [-0.3, -0.25) is 4.79 Å². The van der Waals surface area contributed by atoms with Crippen LogP contribution in [0.1, 0.15) is 29.3 Å². The van der Waals surface area contributed by atoms with Crippen LogP contribution in [0.3, 0.4) is 0 Å².